The molecule has 5 heteroatoms. The maximum absolute atomic E-state index is 12.7. The molecule has 0 spiro atoms. The molecule has 0 saturated carbocycles. The van der Waals surface area contributed by atoms with E-state index in [1.54, 1.807) is 6.07 Å². The Bertz CT molecular complexity index is 508. The number of likely N-dealkylation sites (tertiary alicyclic amines) is 1. The van der Waals surface area contributed by atoms with E-state index in [1.807, 2.05) is 13.8 Å². The molecule has 2 rings (SSSR count). The summed E-state index contributed by atoms with van der Waals surface area (Å²) in [4.78, 5) is 26.0. The summed E-state index contributed by atoms with van der Waals surface area (Å²) in [5.74, 6) is -0.492. The Hall–Kier alpha value is -1.78. The molecule has 2 heterocycles. The molecule has 0 radical (unpaired) electrons. The lowest BCUT2D eigenvalue weighted by Gasteiger charge is -2.34. The Morgan fingerprint density at radius 3 is 2.80 bits per heavy atom. The molecular formula is C15H21NO4. The number of hydrogen-bond acceptors (Lipinski definition) is 3. The van der Waals surface area contributed by atoms with Gasteiger partial charge in [-0.2, -0.15) is 0 Å². The topological polar surface area (TPSA) is 70.8 Å². The molecular weight excluding hydrogens is 258 g/mol. The first-order chi connectivity index (χ1) is 9.56. The minimum absolute atomic E-state index is 0.219. The highest BCUT2D eigenvalue weighted by Gasteiger charge is 2.49. The molecule has 1 atom stereocenters. The van der Waals surface area contributed by atoms with Crippen molar-refractivity contribution in [3.05, 3.63) is 23.7 Å². The number of carboxylic acid groups (broad SMARTS) is 1. The number of aliphatic carboxylic acids is 1. The highest BCUT2D eigenvalue weighted by molar-refractivity contribution is 5.99. The molecule has 1 aromatic rings. The zero-order valence-corrected chi connectivity index (χ0v) is 12.0. The van der Waals surface area contributed by atoms with E-state index in [-0.39, 0.29) is 5.91 Å². The van der Waals surface area contributed by atoms with Crippen LogP contribution in [0.25, 0.3) is 0 Å². The Morgan fingerprint density at radius 2 is 2.20 bits per heavy atom. The van der Waals surface area contributed by atoms with Gasteiger partial charge in [0.05, 0.1) is 11.8 Å². The van der Waals surface area contributed by atoms with Crippen molar-refractivity contribution in [1.82, 2.24) is 4.90 Å². The van der Waals surface area contributed by atoms with E-state index in [1.165, 1.54) is 11.2 Å². The Labute approximate surface area is 118 Å². The molecule has 0 aromatic carbocycles. The summed E-state index contributed by atoms with van der Waals surface area (Å²) in [5.41, 5.74) is -0.551. The van der Waals surface area contributed by atoms with Crippen LogP contribution in [0.1, 0.15) is 55.6 Å². The number of carbonyl (C=O) groups excluding carboxylic acids is 1. The highest BCUT2D eigenvalue weighted by atomic mass is 16.4. The van der Waals surface area contributed by atoms with Crippen LogP contribution in [0.5, 0.6) is 0 Å². The number of carbonyl (C=O) groups is 2. The molecule has 1 N–H and O–H groups in total. The van der Waals surface area contributed by atoms with Gasteiger partial charge in [-0.3, -0.25) is 4.79 Å². The lowest BCUT2D eigenvalue weighted by atomic mass is 9.90. The molecule has 20 heavy (non-hydrogen) atoms. The molecule has 1 aliphatic rings. The van der Waals surface area contributed by atoms with Gasteiger partial charge in [-0.1, -0.05) is 20.3 Å². The Balaban J connectivity index is 2.35. The van der Waals surface area contributed by atoms with Crippen molar-refractivity contribution in [2.24, 2.45) is 0 Å². The molecule has 1 unspecified atom stereocenters. The summed E-state index contributed by atoms with van der Waals surface area (Å²) in [6.45, 7) is 4.36. The van der Waals surface area contributed by atoms with Crippen LogP contribution in [-0.2, 0) is 11.2 Å². The third-order valence-electron chi connectivity index (χ3n) is 4.09. The highest BCUT2D eigenvalue weighted by Crippen LogP contribution is 2.35. The smallest absolute Gasteiger partial charge is 0.329 e. The first-order valence-corrected chi connectivity index (χ1v) is 7.18. The second kappa shape index (κ2) is 5.69. The monoisotopic (exact) mass is 279 g/mol. The standard InChI is InChI=1S/C15H21NO4/c1-3-7-15(14(18)19)8-5-9-16(15)13(17)11-6-10-20-12(11)4-2/h6,10H,3-5,7-9H2,1-2H3,(H,18,19). The molecule has 1 amide bonds. The number of hydrogen-bond donors (Lipinski definition) is 1. The molecule has 1 aromatic heterocycles. The summed E-state index contributed by atoms with van der Waals surface area (Å²) in [5, 5.41) is 9.62. The summed E-state index contributed by atoms with van der Waals surface area (Å²) < 4.78 is 5.29. The minimum atomic E-state index is -1.05. The van der Waals surface area contributed by atoms with Crippen molar-refractivity contribution in [2.75, 3.05) is 6.54 Å². The summed E-state index contributed by atoms with van der Waals surface area (Å²) in [7, 11) is 0. The molecule has 1 saturated heterocycles. The first-order valence-electron chi connectivity index (χ1n) is 7.18. The zero-order chi connectivity index (χ0) is 14.8. The molecule has 0 bridgehead atoms. The number of aryl methyl sites for hydroxylation is 1. The fraction of sp³-hybridized carbons (Fsp3) is 0.600. The van der Waals surface area contributed by atoms with Crippen LogP contribution in [0.2, 0.25) is 0 Å². The van der Waals surface area contributed by atoms with Gasteiger partial charge in [-0.25, -0.2) is 4.79 Å². The maximum Gasteiger partial charge on any atom is 0.329 e. The Kier molecular flexibility index (Phi) is 4.16. The van der Waals surface area contributed by atoms with E-state index >= 15 is 0 Å². The van der Waals surface area contributed by atoms with Gasteiger partial charge in [0, 0.05) is 13.0 Å². The van der Waals surface area contributed by atoms with Crippen LogP contribution in [0.3, 0.4) is 0 Å². The van der Waals surface area contributed by atoms with Crippen LogP contribution in [0.15, 0.2) is 16.7 Å². The van der Waals surface area contributed by atoms with Gasteiger partial charge in [0.1, 0.15) is 11.3 Å². The number of nitrogens with zero attached hydrogens (tertiary/aromatic N) is 1. The van der Waals surface area contributed by atoms with Gasteiger partial charge in [-0.05, 0) is 25.3 Å². The van der Waals surface area contributed by atoms with Crippen molar-refractivity contribution >= 4 is 11.9 Å². The molecule has 1 aliphatic heterocycles. The number of carboxylic acids is 1. The van der Waals surface area contributed by atoms with Gasteiger partial charge in [0.25, 0.3) is 5.91 Å². The summed E-state index contributed by atoms with van der Waals surface area (Å²) >= 11 is 0. The van der Waals surface area contributed by atoms with Crippen LogP contribution >= 0.6 is 0 Å². The quantitative estimate of drug-likeness (QED) is 0.899. The van der Waals surface area contributed by atoms with Crippen molar-refractivity contribution in [2.45, 2.75) is 51.5 Å². The average Bonchev–Trinajstić information content (AvgIpc) is 3.05. The fourth-order valence-electron chi connectivity index (χ4n) is 3.13. The van der Waals surface area contributed by atoms with E-state index in [0.29, 0.717) is 37.1 Å². The zero-order valence-electron chi connectivity index (χ0n) is 12.0. The molecule has 1 fully saturated rings. The SMILES string of the molecule is CCCC1(C(=O)O)CCCN1C(=O)c1ccoc1CC. The third-order valence-corrected chi connectivity index (χ3v) is 4.09. The summed E-state index contributed by atoms with van der Waals surface area (Å²) in [6.07, 6.45) is 4.61. The average molecular weight is 279 g/mol. The predicted octanol–water partition coefficient (Wildman–Crippen LogP) is 2.70. The predicted molar refractivity (Wildman–Crippen MR) is 73.6 cm³/mol. The Morgan fingerprint density at radius 1 is 1.45 bits per heavy atom. The van der Waals surface area contributed by atoms with Crippen molar-refractivity contribution in [1.29, 1.82) is 0 Å². The van der Waals surface area contributed by atoms with E-state index in [2.05, 4.69) is 0 Å². The minimum Gasteiger partial charge on any atom is -0.479 e. The van der Waals surface area contributed by atoms with Crippen LogP contribution < -0.4 is 0 Å². The first kappa shape index (κ1) is 14.6. The van der Waals surface area contributed by atoms with E-state index in [0.717, 1.165) is 12.8 Å². The van der Waals surface area contributed by atoms with E-state index < -0.39 is 11.5 Å². The van der Waals surface area contributed by atoms with Crippen molar-refractivity contribution < 1.29 is 19.1 Å². The molecule has 5 nitrogen and oxygen atoms in total. The van der Waals surface area contributed by atoms with E-state index in [9.17, 15) is 14.7 Å². The fourth-order valence-corrected chi connectivity index (χ4v) is 3.13. The number of amides is 1. The third kappa shape index (κ3) is 2.21. The number of rotatable bonds is 5. The van der Waals surface area contributed by atoms with Gasteiger partial charge >= 0.3 is 5.97 Å². The normalized spacial score (nSPS) is 22.2. The van der Waals surface area contributed by atoms with E-state index in [4.69, 9.17) is 4.42 Å². The second-order valence-electron chi connectivity index (χ2n) is 5.26. The van der Waals surface area contributed by atoms with Gasteiger partial charge in [0.15, 0.2) is 0 Å². The maximum atomic E-state index is 12.7. The molecule has 110 valence electrons. The summed E-state index contributed by atoms with van der Waals surface area (Å²) in [6, 6.07) is 1.64. The van der Waals surface area contributed by atoms with Crippen LogP contribution in [-0.4, -0.2) is 34.0 Å². The number of furan rings is 1. The van der Waals surface area contributed by atoms with Crippen molar-refractivity contribution in [3.8, 4) is 0 Å². The van der Waals surface area contributed by atoms with Crippen molar-refractivity contribution in [3.63, 3.8) is 0 Å². The largest absolute Gasteiger partial charge is 0.479 e. The van der Waals surface area contributed by atoms with Gasteiger partial charge in [-0.15, -0.1) is 0 Å². The second-order valence-corrected chi connectivity index (χ2v) is 5.26. The van der Waals surface area contributed by atoms with Crippen LogP contribution in [0.4, 0.5) is 0 Å². The van der Waals surface area contributed by atoms with Gasteiger partial charge < -0.3 is 14.4 Å². The lowest BCUT2D eigenvalue weighted by Crippen LogP contribution is -2.53. The van der Waals surface area contributed by atoms with Gasteiger partial charge in [0.2, 0.25) is 0 Å². The van der Waals surface area contributed by atoms with Crippen LogP contribution in [0, 0.1) is 0 Å². The lowest BCUT2D eigenvalue weighted by molar-refractivity contribution is -0.148. The molecule has 0 aliphatic carbocycles.